The maximum Gasteiger partial charge on any atom is 0.354 e. The van der Waals surface area contributed by atoms with Crippen molar-refractivity contribution < 1.29 is 19.4 Å². The van der Waals surface area contributed by atoms with Crippen molar-refractivity contribution in [2.24, 2.45) is 0 Å². The molecule has 2 aromatic rings. The molecule has 1 heterocycles. The summed E-state index contributed by atoms with van der Waals surface area (Å²) in [5.41, 5.74) is 0.500. The van der Waals surface area contributed by atoms with E-state index in [1.807, 2.05) is 0 Å². The van der Waals surface area contributed by atoms with Crippen LogP contribution in [0.3, 0.4) is 0 Å². The molecule has 6 heteroatoms. The Labute approximate surface area is 109 Å². The number of nitrogens with zero attached hydrogens (tertiary/aromatic N) is 2. The minimum atomic E-state index is -1.11. The second kappa shape index (κ2) is 5.34. The van der Waals surface area contributed by atoms with Gasteiger partial charge in [0.25, 0.3) is 0 Å². The molecule has 0 bridgehead atoms. The molecule has 0 saturated heterocycles. The third kappa shape index (κ3) is 2.62. The van der Waals surface area contributed by atoms with Gasteiger partial charge in [-0.2, -0.15) is 0 Å². The van der Waals surface area contributed by atoms with Crippen molar-refractivity contribution in [3.63, 3.8) is 0 Å². The Bertz CT molecular complexity index is 613. The van der Waals surface area contributed by atoms with E-state index < -0.39 is 5.97 Å². The Kier molecular flexibility index (Phi) is 3.61. The highest BCUT2D eigenvalue weighted by molar-refractivity contribution is 5.85. The van der Waals surface area contributed by atoms with Gasteiger partial charge in [-0.1, -0.05) is 0 Å². The fraction of sp³-hybridized carbons (Fsp3) is 0.154. The first-order valence-electron chi connectivity index (χ1n) is 5.44. The first-order chi connectivity index (χ1) is 9.15. The molecule has 1 aromatic carbocycles. The maximum absolute atomic E-state index is 10.9. The normalized spacial score (nSPS) is 10.0. The summed E-state index contributed by atoms with van der Waals surface area (Å²) in [5.74, 6) is 0.324. The Morgan fingerprint density at radius 1 is 1.21 bits per heavy atom. The molecule has 2 rings (SSSR count). The highest BCUT2D eigenvalue weighted by atomic mass is 16.5. The van der Waals surface area contributed by atoms with Gasteiger partial charge in [-0.3, -0.25) is 0 Å². The molecule has 0 spiro atoms. The monoisotopic (exact) mass is 260 g/mol. The molecule has 1 N–H and O–H groups in total. The molecule has 0 atom stereocenters. The lowest BCUT2D eigenvalue weighted by atomic mass is 10.1. The zero-order chi connectivity index (χ0) is 13.8. The number of hydrogen-bond acceptors (Lipinski definition) is 5. The Morgan fingerprint density at radius 2 is 2.00 bits per heavy atom. The van der Waals surface area contributed by atoms with Crippen LogP contribution < -0.4 is 9.47 Å². The summed E-state index contributed by atoms with van der Waals surface area (Å²) in [7, 11) is 3.06. The zero-order valence-electron chi connectivity index (χ0n) is 10.5. The second-order valence-corrected chi connectivity index (χ2v) is 3.64. The molecule has 0 aliphatic rings. The van der Waals surface area contributed by atoms with Crippen molar-refractivity contribution in [3.8, 4) is 22.9 Å². The highest BCUT2D eigenvalue weighted by Gasteiger charge is 2.13. The van der Waals surface area contributed by atoms with E-state index in [2.05, 4.69) is 9.97 Å². The van der Waals surface area contributed by atoms with Gasteiger partial charge in [0.05, 0.1) is 19.8 Å². The van der Waals surface area contributed by atoms with Crippen LogP contribution in [0.5, 0.6) is 11.5 Å². The molecule has 0 amide bonds. The van der Waals surface area contributed by atoms with Crippen molar-refractivity contribution in [3.05, 3.63) is 36.2 Å². The lowest BCUT2D eigenvalue weighted by Crippen LogP contribution is -2.03. The van der Waals surface area contributed by atoms with E-state index in [9.17, 15) is 4.79 Å². The zero-order valence-corrected chi connectivity index (χ0v) is 10.5. The molecule has 0 radical (unpaired) electrons. The van der Waals surface area contributed by atoms with E-state index in [-0.39, 0.29) is 11.5 Å². The van der Waals surface area contributed by atoms with E-state index in [1.54, 1.807) is 25.3 Å². The number of methoxy groups -OCH3 is 2. The third-order valence-corrected chi connectivity index (χ3v) is 2.52. The first kappa shape index (κ1) is 12.8. The molecule has 0 fully saturated rings. The van der Waals surface area contributed by atoms with Gasteiger partial charge in [-0.25, -0.2) is 14.8 Å². The van der Waals surface area contributed by atoms with Gasteiger partial charge in [-0.15, -0.1) is 0 Å². The first-order valence-corrected chi connectivity index (χ1v) is 5.44. The van der Waals surface area contributed by atoms with Crippen LogP contribution in [-0.2, 0) is 0 Å². The van der Waals surface area contributed by atoms with Crippen LogP contribution in [0.1, 0.15) is 10.5 Å². The maximum atomic E-state index is 10.9. The predicted molar refractivity (Wildman–Crippen MR) is 67.5 cm³/mol. The molecule has 0 saturated carbocycles. The summed E-state index contributed by atoms with van der Waals surface area (Å²) >= 11 is 0. The van der Waals surface area contributed by atoms with Gasteiger partial charge in [0, 0.05) is 6.20 Å². The number of rotatable bonds is 4. The van der Waals surface area contributed by atoms with E-state index in [4.69, 9.17) is 14.6 Å². The number of aromatic carboxylic acids is 1. The standard InChI is InChI=1S/C13H12N2O4/c1-18-8-3-4-11(19-2)9(7-8)12-14-6-5-10(15-12)13(16)17/h3-7H,1-2H3,(H,16,17). The van der Waals surface area contributed by atoms with Crippen molar-refractivity contribution in [2.75, 3.05) is 14.2 Å². The number of hydrogen-bond donors (Lipinski definition) is 1. The largest absolute Gasteiger partial charge is 0.497 e. The van der Waals surface area contributed by atoms with Crippen LogP contribution in [0.15, 0.2) is 30.5 Å². The van der Waals surface area contributed by atoms with Gasteiger partial charge in [-0.05, 0) is 24.3 Å². The van der Waals surface area contributed by atoms with Crippen molar-refractivity contribution >= 4 is 5.97 Å². The minimum Gasteiger partial charge on any atom is -0.497 e. The average Bonchev–Trinajstić information content (AvgIpc) is 2.46. The van der Waals surface area contributed by atoms with E-state index in [0.29, 0.717) is 17.1 Å². The fourth-order valence-corrected chi connectivity index (χ4v) is 1.60. The number of carboxylic acids is 1. The summed E-state index contributed by atoms with van der Waals surface area (Å²) in [6, 6.07) is 6.48. The molecule has 98 valence electrons. The molecule has 0 aliphatic carbocycles. The van der Waals surface area contributed by atoms with Crippen LogP contribution in [-0.4, -0.2) is 35.3 Å². The molecule has 19 heavy (non-hydrogen) atoms. The molecule has 0 aliphatic heterocycles. The van der Waals surface area contributed by atoms with Gasteiger partial charge in [0.15, 0.2) is 11.5 Å². The summed E-state index contributed by atoms with van der Waals surface area (Å²) < 4.78 is 10.3. The second-order valence-electron chi connectivity index (χ2n) is 3.64. The van der Waals surface area contributed by atoms with Crippen LogP contribution >= 0.6 is 0 Å². The third-order valence-electron chi connectivity index (χ3n) is 2.52. The summed E-state index contributed by atoms with van der Waals surface area (Å²) in [6.45, 7) is 0. The minimum absolute atomic E-state index is 0.0742. The topological polar surface area (TPSA) is 81.5 Å². The number of ether oxygens (including phenoxy) is 2. The molecular weight excluding hydrogens is 248 g/mol. The fourth-order valence-electron chi connectivity index (χ4n) is 1.60. The summed E-state index contributed by atoms with van der Waals surface area (Å²) in [4.78, 5) is 19.0. The van der Waals surface area contributed by atoms with Crippen LogP contribution in [0.2, 0.25) is 0 Å². The molecule has 6 nitrogen and oxygen atoms in total. The smallest absolute Gasteiger partial charge is 0.354 e. The van der Waals surface area contributed by atoms with E-state index >= 15 is 0 Å². The quantitative estimate of drug-likeness (QED) is 0.903. The van der Waals surface area contributed by atoms with Crippen LogP contribution in [0, 0.1) is 0 Å². The van der Waals surface area contributed by atoms with E-state index in [0.717, 1.165) is 0 Å². The Balaban J connectivity index is 2.56. The number of benzene rings is 1. The van der Waals surface area contributed by atoms with Gasteiger partial charge in [0.1, 0.15) is 11.5 Å². The van der Waals surface area contributed by atoms with Gasteiger partial charge < -0.3 is 14.6 Å². The molecule has 0 unspecified atom stereocenters. The number of carboxylic acid groups (broad SMARTS) is 1. The SMILES string of the molecule is COc1ccc(OC)c(-c2nccc(C(=O)O)n2)c1. The molecule has 1 aromatic heterocycles. The lowest BCUT2D eigenvalue weighted by Gasteiger charge is -2.09. The molecular formula is C13H12N2O4. The number of aromatic nitrogens is 2. The van der Waals surface area contributed by atoms with E-state index in [1.165, 1.54) is 19.4 Å². The van der Waals surface area contributed by atoms with Crippen LogP contribution in [0.4, 0.5) is 0 Å². The van der Waals surface area contributed by atoms with Crippen molar-refractivity contribution in [1.29, 1.82) is 0 Å². The average molecular weight is 260 g/mol. The van der Waals surface area contributed by atoms with Crippen molar-refractivity contribution in [2.45, 2.75) is 0 Å². The predicted octanol–water partition coefficient (Wildman–Crippen LogP) is 1.86. The van der Waals surface area contributed by atoms with Crippen LogP contribution in [0.25, 0.3) is 11.4 Å². The highest BCUT2D eigenvalue weighted by Crippen LogP contribution is 2.31. The lowest BCUT2D eigenvalue weighted by molar-refractivity contribution is 0.0690. The Morgan fingerprint density at radius 3 is 2.63 bits per heavy atom. The summed E-state index contributed by atoms with van der Waals surface area (Å²) in [5, 5.41) is 8.94. The summed E-state index contributed by atoms with van der Waals surface area (Å²) in [6.07, 6.45) is 1.39. The van der Waals surface area contributed by atoms with Gasteiger partial charge >= 0.3 is 5.97 Å². The Hall–Kier alpha value is -2.63. The van der Waals surface area contributed by atoms with Crippen molar-refractivity contribution in [1.82, 2.24) is 9.97 Å². The van der Waals surface area contributed by atoms with Gasteiger partial charge in [0.2, 0.25) is 0 Å². The number of carbonyl (C=O) groups is 1.